The molecule has 4 nitrogen and oxygen atoms in total. The maximum Gasteiger partial charge on any atom is 0.226 e. The molecular weight excluding hydrogens is 306 g/mol. The summed E-state index contributed by atoms with van der Waals surface area (Å²) in [5, 5.41) is 5.99. The van der Waals surface area contributed by atoms with Crippen molar-refractivity contribution in [1.82, 2.24) is 14.9 Å². The Bertz CT molecular complexity index is 797. The van der Waals surface area contributed by atoms with Gasteiger partial charge in [-0.05, 0) is 36.1 Å². The van der Waals surface area contributed by atoms with Crippen LogP contribution in [0.3, 0.4) is 0 Å². The van der Waals surface area contributed by atoms with Crippen molar-refractivity contribution >= 4 is 17.2 Å². The Morgan fingerprint density at radius 2 is 1.87 bits per heavy atom. The Labute approximate surface area is 138 Å². The molecule has 0 bridgehead atoms. The van der Waals surface area contributed by atoms with E-state index in [0.717, 1.165) is 23.7 Å². The summed E-state index contributed by atoms with van der Waals surface area (Å²) in [5.74, 6) is 0.0483. The van der Waals surface area contributed by atoms with Crippen molar-refractivity contribution in [3.05, 3.63) is 71.0 Å². The maximum atomic E-state index is 12.3. The molecule has 3 aromatic rings. The molecule has 0 atom stereocenters. The number of benzene rings is 1. The second-order valence-corrected chi connectivity index (χ2v) is 6.67. The largest absolute Gasteiger partial charge is 0.352 e. The van der Waals surface area contributed by atoms with Gasteiger partial charge >= 0.3 is 0 Å². The Morgan fingerprint density at radius 3 is 2.57 bits per heavy atom. The van der Waals surface area contributed by atoms with Crippen LogP contribution < -0.4 is 5.32 Å². The third-order valence-corrected chi connectivity index (χ3v) is 5.03. The normalized spacial score (nSPS) is 13.9. The minimum absolute atomic E-state index is 0.0483. The van der Waals surface area contributed by atoms with Crippen molar-refractivity contribution < 1.29 is 4.79 Å². The summed E-state index contributed by atoms with van der Waals surface area (Å²) in [5.41, 5.74) is 3.52. The molecule has 1 amide bonds. The molecule has 0 radical (unpaired) electrons. The smallest absolute Gasteiger partial charge is 0.226 e. The van der Waals surface area contributed by atoms with E-state index < -0.39 is 0 Å². The molecular formula is C18H17N3OS. The van der Waals surface area contributed by atoms with Gasteiger partial charge in [0.05, 0.1) is 12.1 Å². The first-order valence-electron chi connectivity index (χ1n) is 7.72. The van der Waals surface area contributed by atoms with Crippen LogP contribution >= 0.6 is 11.3 Å². The number of fused-ring (bicyclic) bond motifs is 1. The lowest BCUT2D eigenvalue weighted by molar-refractivity contribution is -0.121. The molecule has 0 unspecified atom stereocenters. The summed E-state index contributed by atoms with van der Waals surface area (Å²) in [6.07, 6.45) is 6.10. The molecule has 0 fully saturated rings. The maximum absolute atomic E-state index is 12.3. The van der Waals surface area contributed by atoms with Crippen molar-refractivity contribution in [3.8, 4) is 5.13 Å². The van der Waals surface area contributed by atoms with Crippen molar-refractivity contribution in [3.63, 3.8) is 0 Å². The Morgan fingerprint density at radius 1 is 1.17 bits per heavy atom. The van der Waals surface area contributed by atoms with Crippen molar-refractivity contribution in [2.24, 2.45) is 0 Å². The van der Waals surface area contributed by atoms with Gasteiger partial charge < -0.3 is 9.88 Å². The first-order chi connectivity index (χ1) is 11.3. The minimum atomic E-state index is 0.0483. The van der Waals surface area contributed by atoms with E-state index in [1.165, 1.54) is 11.1 Å². The highest BCUT2D eigenvalue weighted by Crippen LogP contribution is 2.22. The van der Waals surface area contributed by atoms with E-state index >= 15 is 0 Å². The van der Waals surface area contributed by atoms with Gasteiger partial charge in [-0.15, -0.1) is 11.3 Å². The molecule has 0 saturated carbocycles. The highest BCUT2D eigenvalue weighted by molar-refractivity contribution is 7.12. The molecule has 1 aliphatic carbocycles. The predicted octanol–water partition coefficient (Wildman–Crippen LogP) is 2.76. The second-order valence-electron chi connectivity index (χ2n) is 5.83. The summed E-state index contributed by atoms with van der Waals surface area (Å²) in [7, 11) is 0. The zero-order chi connectivity index (χ0) is 15.6. The summed E-state index contributed by atoms with van der Waals surface area (Å²) in [4.78, 5) is 16.8. The van der Waals surface area contributed by atoms with Crippen LogP contribution in [-0.4, -0.2) is 21.5 Å². The molecule has 2 aromatic heterocycles. The first kappa shape index (κ1) is 14.2. The Hall–Kier alpha value is -2.40. The number of rotatable bonds is 4. The van der Waals surface area contributed by atoms with E-state index in [-0.39, 0.29) is 11.9 Å². The quantitative estimate of drug-likeness (QED) is 0.802. The van der Waals surface area contributed by atoms with Crippen LogP contribution in [0.4, 0.5) is 0 Å². The molecule has 2 heterocycles. The fourth-order valence-corrected chi connectivity index (χ4v) is 3.85. The standard InChI is InChI=1S/C18H17N3OS/c22-17(19-15-9-13-5-1-2-6-14(13)10-15)11-16-12-23-18(20-16)21-7-3-4-8-21/h1-8,12,15H,9-11H2,(H,19,22). The molecule has 23 heavy (non-hydrogen) atoms. The number of carbonyl (C=O) groups excluding carboxylic acids is 1. The summed E-state index contributed by atoms with van der Waals surface area (Å²) < 4.78 is 1.96. The molecule has 5 heteroatoms. The second kappa shape index (κ2) is 6.01. The molecule has 0 saturated heterocycles. The number of nitrogens with zero attached hydrogens (tertiary/aromatic N) is 2. The van der Waals surface area contributed by atoms with Crippen molar-refractivity contribution in [1.29, 1.82) is 0 Å². The number of hydrogen-bond donors (Lipinski definition) is 1. The summed E-state index contributed by atoms with van der Waals surface area (Å²) in [6.45, 7) is 0. The summed E-state index contributed by atoms with van der Waals surface area (Å²) in [6, 6.07) is 12.5. The van der Waals surface area contributed by atoms with Crippen LogP contribution in [0.25, 0.3) is 5.13 Å². The highest BCUT2D eigenvalue weighted by atomic mass is 32.1. The lowest BCUT2D eigenvalue weighted by atomic mass is 10.1. The molecule has 116 valence electrons. The zero-order valence-corrected chi connectivity index (χ0v) is 13.4. The monoisotopic (exact) mass is 323 g/mol. The van der Waals surface area contributed by atoms with Crippen molar-refractivity contribution in [2.45, 2.75) is 25.3 Å². The van der Waals surface area contributed by atoms with Gasteiger partial charge in [0.1, 0.15) is 0 Å². The average Bonchev–Trinajstić information content (AvgIpc) is 3.26. The van der Waals surface area contributed by atoms with Gasteiger partial charge in [0, 0.05) is 23.8 Å². The predicted molar refractivity (Wildman–Crippen MR) is 90.9 cm³/mol. The van der Waals surface area contributed by atoms with E-state index in [0.29, 0.717) is 6.42 Å². The number of carbonyl (C=O) groups is 1. The highest BCUT2D eigenvalue weighted by Gasteiger charge is 2.22. The molecule has 1 aromatic carbocycles. The van der Waals surface area contributed by atoms with Gasteiger partial charge in [-0.3, -0.25) is 4.79 Å². The van der Waals surface area contributed by atoms with E-state index in [2.05, 4.69) is 34.6 Å². The van der Waals surface area contributed by atoms with Crippen LogP contribution in [0.5, 0.6) is 0 Å². The lowest BCUT2D eigenvalue weighted by Crippen LogP contribution is -2.36. The molecule has 0 aliphatic heterocycles. The minimum Gasteiger partial charge on any atom is -0.352 e. The van der Waals surface area contributed by atoms with Crippen LogP contribution in [0, 0.1) is 0 Å². The van der Waals surface area contributed by atoms with Gasteiger partial charge in [0.25, 0.3) is 0 Å². The first-order valence-corrected chi connectivity index (χ1v) is 8.60. The van der Waals surface area contributed by atoms with Gasteiger partial charge in [-0.25, -0.2) is 4.98 Å². The Balaban J connectivity index is 1.36. The van der Waals surface area contributed by atoms with Crippen LogP contribution in [-0.2, 0) is 24.1 Å². The van der Waals surface area contributed by atoms with Gasteiger partial charge in [-0.2, -0.15) is 0 Å². The molecule has 1 aliphatic rings. The van der Waals surface area contributed by atoms with Crippen LogP contribution in [0.15, 0.2) is 54.2 Å². The van der Waals surface area contributed by atoms with E-state index in [1.807, 2.05) is 34.5 Å². The van der Waals surface area contributed by atoms with Crippen LogP contribution in [0.2, 0.25) is 0 Å². The van der Waals surface area contributed by atoms with E-state index in [1.54, 1.807) is 11.3 Å². The SMILES string of the molecule is O=C(Cc1csc(-n2cccc2)n1)NC1Cc2ccccc2C1. The van der Waals surface area contributed by atoms with E-state index in [4.69, 9.17) is 0 Å². The summed E-state index contributed by atoms with van der Waals surface area (Å²) >= 11 is 1.55. The average molecular weight is 323 g/mol. The fraction of sp³-hybridized carbons (Fsp3) is 0.222. The molecule has 4 rings (SSSR count). The molecule has 1 N–H and O–H groups in total. The molecule has 0 spiro atoms. The number of thiazole rings is 1. The fourth-order valence-electron chi connectivity index (χ4n) is 3.06. The van der Waals surface area contributed by atoms with Gasteiger partial charge in [0.15, 0.2) is 5.13 Å². The van der Waals surface area contributed by atoms with Gasteiger partial charge in [0.2, 0.25) is 5.91 Å². The van der Waals surface area contributed by atoms with Gasteiger partial charge in [-0.1, -0.05) is 24.3 Å². The third-order valence-electron chi connectivity index (χ3n) is 4.12. The number of hydrogen-bond acceptors (Lipinski definition) is 3. The number of aromatic nitrogens is 2. The lowest BCUT2D eigenvalue weighted by Gasteiger charge is -2.11. The van der Waals surface area contributed by atoms with Crippen LogP contribution in [0.1, 0.15) is 16.8 Å². The third kappa shape index (κ3) is 3.05. The Kier molecular flexibility index (Phi) is 3.71. The number of nitrogens with one attached hydrogen (secondary N) is 1. The zero-order valence-electron chi connectivity index (χ0n) is 12.6. The topological polar surface area (TPSA) is 46.9 Å². The van der Waals surface area contributed by atoms with E-state index in [9.17, 15) is 4.79 Å². The van der Waals surface area contributed by atoms with Crippen molar-refractivity contribution in [2.75, 3.05) is 0 Å². The number of amides is 1.